The van der Waals surface area contributed by atoms with E-state index in [2.05, 4.69) is 126 Å². The van der Waals surface area contributed by atoms with Gasteiger partial charge in [0.1, 0.15) is 0 Å². The quantitative estimate of drug-likeness (QED) is 0.276. The van der Waals surface area contributed by atoms with Gasteiger partial charge in [0.05, 0.1) is 0 Å². The summed E-state index contributed by atoms with van der Waals surface area (Å²) in [5.74, 6) is 0. The minimum Gasteiger partial charge on any atom is -1.00 e. The number of benzene rings is 3. The van der Waals surface area contributed by atoms with Gasteiger partial charge in [-0.3, -0.25) is 0 Å². The molecule has 0 bridgehead atoms. The first-order chi connectivity index (χ1) is 16.2. The van der Waals surface area contributed by atoms with Crippen LogP contribution in [0.5, 0.6) is 0 Å². The zero-order valence-electron chi connectivity index (χ0n) is 22.3. The van der Waals surface area contributed by atoms with Crippen molar-refractivity contribution in [3.8, 4) is 11.1 Å². The molecule has 0 heterocycles. The number of hydrogen-bond donors (Lipinski definition) is 0. The summed E-state index contributed by atoms with van der Waals surface area (Å²) in [6, 6.07) is 33.2. The molecule has 0 saturated carbocycles. The van der Waals surface area contributed by atoms with Crippen LogP contribution in [0.25, 0.3) is 11.1 Å². The van der Waals surface area contributed by atoms with Gasteiger partial charge in [0.25, 0.3) is 0 Å². The maximum atomic E-state index is 3.30. The van der Waals surface area contributed by atoms with E-state index in [9.17, 15) is 0 Å². The number of halogens is 2. The molecule has 0 fully saturated rings. The molecule has 1 aliphatic carbocycles. The van der Waals surface area contributed by atoms with Gasteiger partial charge in [0, 0.05) is 0 Å². The third kappa shape index (κ3) is 8.73. The summed E-state index contributed by atoms with van der Waals surface area (Å²) in [6.45, 7) is 13.3. The molecule has 4 aromatic carbocycles. The number of hydrogen-bond acceptors (Lipinski definition) is 0. The Morgan fingerprint density at radius 1 is 0.889 bits per heavy atom. The Kier molecular flexibility index (Phi) is 13.4. The van der Waals surface area contributed by atoms with Gasteiger partial charge in [0.15, 0.2) is 0 Å². The van der Waals surface area contributed by atoms with Crippen LogP contribution in [0.4, 0.5) is 0 Å². The van der Waals surface area contributed by atoms with E-state index in [1.165, 1.54) is 75.2 Å². The van der Waals surface area contributed by atoms with Crippen molar-refractivity contribution >= 4 is 3.21 Å². The largest absolute Gasteiger partial charge is 1.00 e. The molecule has 4 aromatic rings. The van der Waals surface area contributed by atoms with Crippen LogP contribution in [-0.4, -0.2) is 3.21 Å². The van der Waals surface area contributed by atoms with Crippen molar-refractivity contribution < 1.29 is 49.0 Å². The molecule has 36 heavy (non-hydrogen) atoms. The predicted molar refractivity (Wildman–Crippen MR) is 145 cm³/mol. The molecule has 188 valence electrons. The Bertz CT molecular complexity index is 1190. The second-order valence-electron chi connectivity index (χ2n) is 9.97. The van der Waals surface area contributed by atoms with Gasteiger partial charge in [0.2, 0.25) is 0 Å². The van der Waals surface area contributed by atoms with Crippen molar-refractivity contribution in [3.05, 3.63) is 124 Å². The Morgan fingerprint density at radius 2 is 1.50 bits per heavy atom. The van der Waals surface area contributed by atoms with Crippen molar-refractivity contribution in [1.82, 2.24) is 0 Å². The van der Waals surface area contributed by atoms with Crippen molar-refractivity contribution in [2.45, 2.75) is 59.8 Å². The third-order valence-electron chi connectivity index (χ3n) is 6.14. The standard InChI is InChI=1S/C13H9.C11H17.C9H10.2ClH.Zr/c1-3-7-12-10(5-1)9-11-6-2-4-8-13(11)12;1-8-6-9(2)10(7-8)11(3,4)5;1-2-6-9-7-4-3-5-8-9;;;/h1-5,7-8H,9H2;6-7H,1-5H3;3-5,7-8H,2H2,1H3;2*1H;/q2*-1;;;;+2/p-2. The average Bonchev–Trinajstić information content (AvgIpc) is 3.39. The third-order valence-corrected chi connectivity index (χ3v) is 7.72. The normalized spacial score (nSPS) is 10.8. The topological polar surface area (TPSA) is 0 Å². The van der Waals surface area contributed by atoms with Crippen molar-refractivity contribution in [2.24, 2.45) is 0 Å². The molecular formula is C33H36Cl2Zr-2. The first-order valence-electron chi connectivity index (χ1n) is 12.2. The number of aryl methyl sites for hydroxylation is 2. The first-order valence-corrected chi connectivity index (χ1v) is 13.4. The Hall–Kier alpha value is -1.66. The number of fused-ring (bicyclic) bond motifs is 3. The van der Waals surface area contributed by atoms with Gasteiger partial charge in [-0.05, 0) is 6.42 Å². The summed E-state index contributed by atoms with van der Waals surface area (Å²) in [7, 11) is 0. The summed E-state index contributed by atoms with van der Waals surface area (Å²) in [5, 5.41) is 0. The Labute approximate surface area is 246 Å². The minimum absolute atomic E-state index is 0. The molecule has 0 amide bonds. The molecule has 0 nitrogen and oxygen atoms in total. The van der Waals surface area contributed by atoms with Crippen LogP contribution in [0.1, 0.15) is 67.5 Å². The molecule has 0 N–H and O–H groups in total. The van der Waals surface area contributed by atoms with Crippen LogP contribution in [0.2, 0.25) is 0 Å². The summed E-state index contributed by atoms with van der Waals surface area (Å²) in [5.41, 5.74) is 11.5. The molecular weight excluding hydrogens is 558 g/mol. The van der Waals surface area contributed by atoms with E-state index in [0.717, 1.165) is 6.42 Å². The van der Waals surface area contributed by atoms with Gasteiger partial charge in [-0.25, -0.2) is 6.07 Å². The van der Waals surface area contributed by atoms with E-state index in [4.69, 9.17) is 0 Å². The smallest absolute Gasteiger partial charge is 0.0253 e. The van der Waals surface area contributed by atoms with Crippen LogP contribution in [0.3, 0.4) is 0 Å². The van der Waals surface area contributed by atoms with Gasteiger partial charge in [-0.2, -0.15) is 52.6 Å². The first kappa shape index (κ1) is 32.4. The molecule has 0 spiro atoms. The van der Waals surface area contributed by atoms with Gasteiger partial charge >= 0.3 is 76.7 Å². The van der Waals surface area contributed by atoms with Gasteiger partial charge < -0.3 is 24.8 Å². The predicted octanol–water partition coefficient (Wildman–Crippen LogP) is 2.55. The summed E-state index contributed by atoms with van der Waals surface area (Å²) in [4.78, 5) is 0. The van der Waals surface area contributed by atoms with Crippen molar-refractivity contribution in [1.29, 1.82) is 0 Å². The molecule has 0 radical (unpaired) electrons. The van der Waals surface area contributed by atoms with Crippen LogP contribution < -0.4 is 24.8 Å². The fraction of sp³-hybridized carbons (Fsp3) is 0.273. The van der Waals surface area contributed by atoms with Crippen LogP contribution in [0.15, 0.2) is 84.9 Å². The second kappa shape index (κ2) is 14.9. The second-order valence-corrected chi connectivity index (χ2v) is 11.5. The van der Waals surface area contributed by atoms with Crippen LogP contribution in [0, 0.1) is 19.9 Å². The van der Waals surface area contributed by atoms with Gasteiger partial charge in [-0.1, -0.05) is 75.4 Å². The molecule has 0 aliphatic heterocycles. The van der Waals surface area contributed by atoms with E-state index < -0.39 is 0 Å². The van der Waals surface area contributed by atoms with E-state index >= 15 is 0 Å². The zero-order valence-corrected chi connectivity index (χ0v) is 26.2. The maximum absolute atomic E-state index is 3.30. The summed E-state index contributed by atoms with van der Waals surface area (Å²) >= 11 is 1.54. The van der Waals surface area contributed by atoms with Gasteiger partial charge in [-0.15, -0.1) is 5.56 Å². The average molecular weight is 595 g/mol. The SMILES string of the molecule is CC[C](=[Zr+2])c1ccccc1.Cc1cc(C(C)(C)C)c(C)[cH-]1.[Cl-].[Cl-].[c-]1cccc2c1Cc1ccccc1-2. The molecule has 0 saturated heterocycles. The zero-order chi connectivity index (χ0) is 24.7. The molecule has 3 heteroatoms. The van der Waals surface area contributed by atoms with E-state index in [1.807, 2.05) is 6.07 Å². The van der Waals surface area contributed by atoms with Crippen LogP contribution in [-0.2, 0) is 36.1 Å². The van der Waals surface area contributed by atoms with Crippen molar-refractivity contribution in [2.75, 3.05) is 0 Å². The molecule has 5 rings (SSSR count). The fourth-order valence-corrected chi connectivity index (χ4v) is 4.86. The molecule has 0 atom stereocenters. The number of rotatable bonds is 2. The Morgan fingerprint density at radius 3 is 2.06 bits per heavy atom. The summed E-state index contributed by atoms with van der Waals surface area (Å²) in [6.07, 6.45) is 2.23. The van der Waals surface area contributed by atoms with Crippen LogP contribution >= 0.6 is 0 Å². The Balaban J connectivity index is 0.000000266. The molecule has 1 aliphatic rings. The molecule has 0 aromatic heterocycles. The summed E-state index contributed by atoms with van der Waals surface area (Å²) < 4.78 is 1.55. The minimum atomic E-state index is 0. The maximum Gasteiger partial charge on any atom is -0.0253 e. The van der Waals surface area contributed by atoms with E-state index in [0.29, 0.717) is 5.41 Å². The van der Waals surface area contributed by atoms with Crippen molar-refractivity contribution in [3.63, 3.8) is 0 Å². The fourth-order valence-electron chi connectivity index (χ4n) is 4.45. The monoisotopic (exact) mass is 592 g/mol. The van der Waals surface area contributed by atoms with E-state index in [-0.39, 0.29) is 24.8 Å². The van der Waals surface area contributed by atoms with E-state index in [1.54, 1.807) is 3.21 Å². The molecule has 0 unspecified atom stereocenters.